The number of rotatable bonds is 8. The summed E-state index contributed by atoms with van der Waals surface area (Å²) in [4.78, 5) is 2.25. The van der Waals surface area contributed by atoms with Crippen LogP contribution in [-0.2, 0) is 0 Å². The van der Waals surface area contributed by atoms with Gasteiger partial charge in [-0.15, -0.1) is 0 Å². The van der Waals surface area contributed by atoms with Crippen LogP contribution in [0.25, 0.3) is 0 Å². The molecule has 0 saturated heterocycles. The highest BCUT2D eigenvalue weighted by Crippen LogP contribution is 2.33. The summed E-state index contributed by atoms with van der Waals surface area (Å²) in [6.07, 6.45) is 6.94. The monoisotopic (exact) mass is 198 g/mol. The molecule has 1 saturated carbocycles. The second-order valence-electron chi connectivity index (χ2n) is 4.90. The van der Waals surface area contributed by atoms with Gasteiger partial charge >= 0.3 is 0 Å². The van der Waals surface area contributed by atoms with Crippen molar-refractivity contribution >= 4 is 0 Å². The van der Waals surface area contributed by atoms with E-state index >= 15 is 0 Å². The van der Waals surface area contributed by atoms with Gasteiger partial charge in [-0.25, -0.2) is 0 Å². The second kappa shape index (κ2) is 6.41. The fraction of sp³-hybridized carbons (Fsp3) is 1.00. The van der Waals surface area contributed by atoms with E-state index in [1.165, 1.54) is 45.2 Å². The summed E-state index contributed by atoms with van der Waals surface area (Å²) in [7, 11) is 4.28. The number of hydrogen-bond donors (Lipinski definition) is 1. The van der Waals surface area contributed by atoms with Crippen LogP contribution in [0.3, 0.4) is 0 Å². The maximum atomic E-state index is 3.67. The molecular formula is C12H26N2. The van der Waals surface area contributed by atoms with Crippen molar-refractivity contribution in [2.24, 2.45) is 5.92 Å². The minimum Gasteiger partial charge on any atom is -0.314 e. The highest BCUT2D eigenvalue weighted by Gasteiger charge is 2.24. The molecule has 0 radical (unpaired) electrons. The van der Waals surface area contributed by atoms with E-state index in [9.17, 15) is 0 Å². The van der Waals surface area contributed by atoms with Crippen molar-refractivity contribution < 1.29 is 0 Å². The molecule has 2 heteroatoms. The number of nitrogens with one attached hydrogen (secondary N) is 1. The van der Waals surface area contributed by atoms with Gasteiger partial charge < -0.3 is 10.2 Å². The lowest BCUT2D eigenvalue weighted by molar-refractivity contribution is 0.376. The fourth-order valence-corrected chi connectivity index (χ4v) is 1.85. The van der Waals surface area contributed by atoms with Crippen molar-refractivity contribution in [2.45, 2.75) is 45.1 Å². The van der Waals surface area contributed by atoms with Crippen LogP contribution in [0, 0.1) is 5.92 Å². The molecule has 0 spiro atoms. The predicted octanol–water partition coefficient (Wildman–Crippen LogP) is 2.11. The van der Waals surface area contributed by atoms with Gasteiger partial charge in [0.2, 0.25) is 0 Å². The predicted molar refractivity (Wildman–Crippen MR) is 62.6 cm³/mol. The van der Waals surface area contributed by atoms with Crippen molar-refractivity contribution in [3.8, 4) is 0 Å². The molecule has 0 amide bonds. The Bertz CT molecular complexity index is 141. The normalized spacial score (nSPS) is 18.9. The second-order valence-corrected chi connectivity index (χ2v) is 4.90. The van der Waals surface area contributed by atoms with E-state index < -0.39 is 0 Å². The van der Waals surface area contributed by atoms with E-state index in [2.05, 4.69) is 31.2 Å². The molecule has 84 valence electrons. The summed E-state index contributed by atoms with van der Waals surface area (Å²) in [5, 5.41) is 3.67. The minimum atomic E-state index is 0.782. The topological polar surface area (TPSA) is 15.3 Å². The lowest BCUT2D eigenvalue weighted by atomic mass is 10.1. The molecular weight excluding hydrogens is 172 g/mol. The first-order valence-electron chi connectivity index (χ1n) is 6.10. The van der Waals surface area contributed by atoms with Gasteiger partial charge in [-0.05, 0) is 52.4 Å². The quantitative estimate of drug-likeness (QED) is 0.601. The first-order valence-corrected chi connectivity index (χ1v) is 6.10. The average molecular weight is 198 g/mol. The lowest BCUT2D eigenvalue weighted by Crippen LogP contribution is -2.31. The van der Waals surface area contributed by atoms with E-state index in [0.717, 1.165) is 12.0 Å². The van der Waals surface area contributed by atoms with Gasteiger partial charge in [0.15, 0.2) is 0 Å². The van der Waals surface area contributed by atoms with E-state index in [-0.39, 0.29) is 0 Å². The molecule has 1 unspecified atom stereocenters. The van der Waals surface area contributed by atoms with Crippen LogP contribution in [-0.4, -0.2) is 38.1 Å². The number of hydrogen-bond acceptors (Lipinski definition) is 2. The van der Waals surface area contributed by atoms with Gasteiger partial charge in [-0.3, -0.25) is 0 Å². The summed E-state index contributed by atoms with van der Waals surface area (Å²) in [6, 6.07) is 0.782. The van der Waals surface area contributed by atoms with E-state index in [1.54, 1.807) is 0 Å². The van der Waals surface area contributed by atoms with Gasteiger partial charge in [0.1, 0.15) is 0 Å². The smallest absolute Gasteiger partial charge is 0.00670 e. The summed E-state index contributed by atoms with van der Waals surface area (Å²) in [6.45, 7) is 4.68. The van der Waals surface area contributed by atoms with Crippen molar-refractivity contribution in [3.05, 3.63) is 0 Å². The van der Waals surface area contributed by atoms with Crippen molar-refractivity contribution in [2.75, 3.05) is 27.2 Å². The third-order valence-electron chi connectivity index (χ3n) is 3.02. The molecule has 1 fully saturated rings. The zero-order valence-corrected chi connectivity index (χ0v) is 10.1. The Kier molecular flexibility index (Phi) is 5.49. The van der Waals surface area contributed by atoms with E-state index in [0.29, 0.717) is 0 Å². The highest BCUT2D eigenvalue weighted by atomic mass is 15.1. The highest BCUT2D eigenvalue weighted by molar-refractivity contribution is 4.79. The third-order valence-corrected chi connectivity index (χ3v) is 3.02. The first kappa shape index (κ1) is 12.0. The van der Waals surface area contributed by atoms with Gasteiger partial charge in [0.05, 0.1) is 0 Å². The molecule has 1 N–H and O–H groups in total. The van der Waals surface area contributed by atoms with E-state index in [4.69, 9.17) is 0 Å². The van der Waals surface area contributed by atoms with Crippen LogP contribution < -0.4 is 5.32 Å². The standard InChI is InChI=1S/C12H26N2/c1-4-12(10-11-6-7-11)13-8-5-9-14(2)3/h11-13H,4-10H2,1-3H3. The van der Waals surface area contributed by atoms with Gasteiger partial charge in [0, 0.05) is 6.04 Å². The van der Waals surface area contributed by atoms with Crippen molar-refractivity contribution in [1.82, 2.24) is 10.2 Å². The van der Waals surface area contributed by atoms with Crippen LogP contribution >= 0.6 is 0 Å². The molecule has 0 aromatic heterocycles. The molecule has 1 aliphatic carbocycles. The molecule has 0 heterocycles. The van der Waals surface area contributed by atoms with Gasteiger partial charge in [0.25, 0.3) is 0 Å². The molecule has 0 aliphatic heterocycles. The molecule has 0 bridgehead atoms. The van der Waals surface area contributed by atoms with Crippen molar-refractivity contribution in [3.63, 3.8) is 0 Å². The molecule has 1 aliphatic rings. The molecule has 0 aromatic rings. The zero-order chi connectivity index (χ0) is 10.4. The average Bonchev–Trinajstić information content (AvgIpc) is 2.93. The molecule has 0 aromatic carbocycles. The Balaban J connectivity index is 1.96. The maximum absolute atomic E-state index is 3.67. The Morgan fingerprint density at radius 1 is 1.36 bits per heavy atom. The summed E-state index contributed by atoms with van der Waals surface area (Å²) in [5.74, 6) is 1.06. The Morgan fingerprint density at radius 3 is 2.57 bits per heavy atom. The summed E-state index contributed by atoms with van der Waals surface area (Å²) < 4.78 is 0. The van der Waals surface area contributed by atoms with Crippen molar-refractivity contribution in [1.29, 1.82) is 0 Å². The Hall–Kier alpha value is -0.0800. The largest absolute Gasteiger partial charge is 0.314 e. The Morgan fingerprint density at radius 2 is 2.07 bits per heavy atom. The SMILES string of the molecule is CCC(CC1CC1)NCCCN(C)C. The van der Waals surface area contributed by atoms with Gasteiger partial charge in [-0.2, -0.15) is 0 Å². The summed E-state index contributed by atoms with van der Waals surface area (Å²) in [5.41, 5.74) is 0. The lowest BCUT2D eigenvalue weighted by Gasteiger charge is -2.17. The van der Waals surface area contributed by atoms with Crippen LogP contribution in [0.4, 0.5) is 0 Å². The van der Waals surface area contributed by atoms with Crippen LogP contribution in [0.1, 0.15) is 39.0 Å². The first-order chi connectivity index (χ1) is 6.72. The molecule has 14 heavy (non-hydrogen) atoms. The molecule has 1 atom stereocenters. The van der Waals surface area contributed by atoms with Gasteiger partial charge in [-0.1, -0.05) is 19.8 Å². The molecule has 1 rings (SSSR count). The Labute approximate surface area is 89.1 Å². The van der Waals surface area contributed by atoms with Crippen LogP contribution in [0.5, 0.6) is 0 Å². The number of nitrogens with zero attached hydrogens (tertiary/aromatic N) is 1. The maximum Gasteiger partial charge on any atom is 0.00670 e. The fourth-order valence-electron chi connectivity index (χ4n) is 1.85. The van der Waals surface area contributed by atoms with E-state index in [1.807, 2.05) is 0 Å². The zero-order valence-electron chi connectivity index (χ0n) is 10.1. The molecule has 2 nitrogen and oxygen atoms in total. The minimum absolute atomic E-state index is 0.782. The summed E-state index contributed by atoms with van der Waals surface area (Å²) >= 11 is 0. The van der Waals surface area contributed by atoms with Crippen LogP contribution in [0.15, 0.2) is 0 Å². The third kappa shape index (κ3) is 5.61. The van der Waals surface area contributed by atoms with Crippen LogP contribution in [0.2, 0.25) is 0 Å².